The maximum Gasteiger partial charge on any atom is 0.387 e. The van der Waals surface area contributed by atoms with Crippen LogP contribution in [-0.4, -0.2) is 56.1 Å². The zero-order chi connectivity index (χ0) is 20.5. The Balaban J connectivity index is 0.00000420. The highest BCUT2D eigenvalue weighted by molar-refractivity contribution is 14.0. The zero-order valence-electron chi connectivity index (χ0n) is 16.0. The Hall–Kier alpha value is -1.01. The smallest absolute Gasteiger partial charge is 0.387 e. The number of likely N-dealkylation sites (tertiary alicyclic amines) is 1. The lowest BCUT2D eigenvalue weighted by Crippen LogP contribution is -2.49. The lowest BCUT2D eigenvalue weighted by atomic mass is 10.1. The van der Waals surface area contributed by atoms with Gasteiger partial charge in [-0.15, -0.1) is 24.0 Å². The standard InChI is InChI=1S/C18H25ClF4N4O.HI/c1-2-24-18(26-14-5-7-27(8-6-14)11-16(20)21)25-10-12-9-13(19)3-4-15(12)28-17(22)23;/h3-4,9,14,16-17H,2,5-8,10-11H2,1H3,(H2,24,25,26);1H. The van der Waals surface area contributed by atoms with Crippen molar-refractivity contribution < 1.29 is 22.3 Å². The molecule has 1 heterocycles. The van der Waals surface area contributed by atoms with Crippen molar-refractivity contribution in [2.45, 2.75) is 45.4 Å². The normalized spacial score (nSPS) is 16.1. The molecule has 0 bridgehead atoms. The first-order valence-electron chi connectivity index (χ1n) is 9.16. The van der Waals surface area contributed by atoms with Gasteiger partial charge in [0, 0.05) is 36.3 Å². The van der Waals surface area contributed by atoms with Gasteiger partial charge in [-0.3, -0.25) is 4.90 Å². The highest BCUT2D eigenvalue weighted by atomic mass is 127. The molecule has 1 fully saturated rings. The summed E-state index contributed by atoms with van der Waals surface area (Å²) in [6.07, 6.45) is -0.895. The molecule has 29 heavy (non-hydrogen) atoms. The van der Waals surface area contributed by atoms with E-state index >= 15 is 0 Å². The quantitative estimate of drug-likeness (QED) is 0.218. The van der Waals surface area contributed by atoms with E-state index < -0.39 is 13.0 Å². The third-order valence-electron chi connectivity index (χ3n) is 4.31. The number of benzene rings is 1. The number of hydrogen-bond acceptors (Lipinski definition) is 3. The molecule has 0 aromatic heterocycles. The van der Waals surface area contributed by atoms with Crippen LogP contribution >= 0.6 is 35.6 Å². The van der Waals surface area contributed by atoms with Crippen molar-refractivity contribution >= 4 is 41.5 Å². The fourth-order valence-electron chi connectivity index (χ4n) is 3.02. The summed E-state index contributed by atoms with van der Waals surface area (Å²) in [4.78, 5) is 6.17. The van der Waals surface area contributed by atoms with Crippen LogP contribution in [0.5, 0.6) is 5.75 Å². The summed E-state index contributed by atoms with van der Waals surface area (Å²) in [6.45, 7) is 0.655. The summed E-state index contributed by atoms with van der Waals surface area (Å²) in [6, 6.07) is 4.50. The first-order valence-corrected chi connectivity index (χ1v) is 9.53. The Kier molecular flexibility index (Phi) is 12.0. The Bertz CT molecular complexity index is 646. The van der Waals surface area contributed by atoms with E-state index in [2.05, 4.69) is 20.4 Å². The molecule has 0 spiro atoms. The van der Waals surface area contributed by atoms with Gasteiger partial charge in [0.1, 0.15) is 5.75 Å². The van der Waals surface area contributed by atoms with Gasteiger partial charge in [-0.05, 0) is 38.0 Å². The van der Waals surface area contributed by atoms with Crippen LogP contribution in [0.2, 0.25) is 5.02 Å². The minimum absolute atomic E-state index is 0. The number of guanidine groups is 1. The number of piperidine rings is 1. The molecule has 5 nitrogen and oxygen atoms in total. The SMILES string of the molecule is CCNC(=NCc1cc(Cl)ccc1OC(F)F)NC1CCN(CC(F)F)CC1.I. The van der Waals surface area contributed by atoms with Crippen LogP contribution in [0.1, 0.15) is 25.3 Å². The maximum atomic E-state index is 12.6. The highest BCUT2D eigenvalue weighted by Gasteiger charge is 2.22. The number of halogens is 6. The predicted octanol–water partition coefficient (Wildman–Crippen LogP) is 4.34. The summed E-state index contributed by atoms with van der Waals surface area (Å²) >= 11 is 5.95. The summed E-state index contributed by atoms with van der Waals surface area (Å²) in [5.74, 6) is 0.553. The molecule has 1 aliphatic heterocycles. The molecule has 0 radical (unpaired) electrons. The van der Waals surface area contributed by atoms with Gasteiger partial charge in [0.25, 0.3) is 6.43 Å². The number of nitrogens with one attached hydrogen (secondary N) is 2. The van der Waals surface area contributed by atoms with E-state index in [4.69, 9.17) is 11.6 Å². The molecule has 1 aliphatic rings. The summed E-state index contributed by atoms with van der Waals surface area (Å²) in [7, 11) is 0. The molecule has 0 atom stereocenters. The Morgan fingerprint density at radius 3 is 2.55 bits per heavy atom. The van der Waals surface area contributed by atoms with E-state index in [9.17, 15) is 17.6 Å². The van der Waals surface area contributed by atoms with E-state index in [-0.39, 0.29) is 48.9 Å². The molecule has 2 rings (SSSR count). The van der Waals surface area contributed by atoms with Crippen LogP contribution < -0.4 is 15.4 Å². The molecule has 0 saturated carbocycles. The van der Waals surface area contributed by atoms with Gasteiger partial charge in [0.05, 0.1) is 13.1 Å². The van der Waals surface area contributed by atoms with Crippen molar-refractivity contribution in [2.24, 2.45) is 4.99 Å². The topological polar surface area (TPSA) is 48.9 Å². The summed E-state index contributed by atoms with van der Waals surface area (Å²) < 4.78 is 54.6. The van der Waals surface area contributed by atoms with Gasteiger partial charge < -0.3 is 15.4 Å². The lowest BCUT2D eigenvalue weighted by Gasteiger charge is -2.32. The fraction of sp³-hybridized carbons (Fsp3) is 0.611. The van der Waals surface area contributed by atoms with E-state index in [1.54, 1.807) is 4.90 Å². The molecule has 2 N–H and O–H groups in total. The number of rotatable bonds is 8. The average molecular weight is 553 g/mol. The van der Waals surface area contributed by atoms with E-state index in [0.717, 1.165) is 0 Å². The van der Waals surface area contributed by atoms with Crippen molar-refractivity contribution in [3.8, 4) is 5.75 Å². The third kappa shape index (κ3) is 9.56. The van der Waals surface area contributed by atoms with Crippen LogP contribution in [0.4, 0.5) is 17.6 Å². The Morgan fingerprint density at radius 1 is 1.28 bits per heavy atom. The largest absolute Gasteiger partial charge is 0.434 e. The number of hydrogen-bond donors (Lipinski definition) is 2. The molecule has 0 amide bonds. The van der Waals surface area contributed by atoms with Gasteiger partial charge in [0.2, 0.25) is 0 Å². The van der Waals surface area contributed by atoms with Gasteiger partial charge in [-0.25, -0.2) is 13.8 Å². The number of alkyl halides is 4. The van der Waals surface area contributed by atoms with E-state index in [0.29, 0.717) is 49.0 Å². The average Bonchev–Trinajstić information content (AvgIpc) is 2.62. The molecule has 11 heteroatoms. The summed E-state index contributed by atoms with van der Waals surface area (Å²) in [5.41, 5.74) is 0.441. The minimum Gasteiger partial charge on any atom is -0.434 e. The molecule has 1 aromatic carbocycles. The van der Waals surface area contributed by atoms with Crippen LogP contribution in [0.25, 0.3) is 0 Å². The van der Waals surface area contributed by atoms with Gasteiger partial charge in [-0.1, -0.05) is 11.6 Å². The number of aliphatic imine (C=N–C) groups is 1. The lowest BCUT2D eigenvalue weighted by molar-refractivity contribution is -0.0504. The molecule has 0 unspecified atom stereocenters. The second-order valence-electron chi connectivity index (χ2n) is 6.44. The van der Waals surface area contributed by atoms with Crippen molar-refractivity contribution in [2.75, 3.05) is 26.2 Å². The third-order valence-corrected chi connectivity index (χ3v) is 4.55. The molecule has 0 aliphatic carbocycles. The van der Waals surface area contributed by atoms with Gasteiger partial charge >= 0.3 is 6.61 Å². The van der Waals surface area contributed by atoms with Crippen LogP contribution in [0.3, 0.4) is 0 Å². The van der Waals surface area contributed by atoms with Crippen LogP contribution in [0.15, 0.2) is 23.2 Å². The Labute approximate surface area is 190 Å². The molecule has 166 valence electrons. The zero-order valence-corrected chi connectivity index (χ0v) is 19.1. The Morgan fingerprint density at radius 2 is 1.97 bits per heavy atom. The second-order valence-corrected chi connectivity index (χ2v) is 6.87. The number of nitrogens with zero attached hydrogens (tertiary/aromatic N) is 2. The van der Waals surface area contributed by atoms with Crippen molar-refractivity contribution in [3.63, 3.8) is 0 Å². The maximum absolute atomic E-state index is 12.6. The molecule has 1 saturated heterocycles. The van der Waals surface area contributed by atoms with Crippen molar-refractivity contribution in [1.82, 2.24) is 15.5 Å². The van der Waals surface area contributed by atoms with Crippen molar-refractivity contribution in [1.29, 1.82) is 0 Å². The fourth-order valence-corrected chi connectivity index (χ4v) is 3.21. The second kappa shape index (κ2) is 13.3. The van der Waals surface area contributed by atoms with Crippen LogP contribution in [0, 0.1) is 0 Å². The first kappa shape index (κ1) is 26.0. The van der Waals surface area contributed by atoms with Crippen LogP contribution in [-0.2, 0) is 6.54 Å². The molecular formula is C18H26ClF4IN4O. The predicted molar refractivity (Wildman–Crippen MR) is 117 cm³/mol. The molecule has 1 aromatic rings. The number of ether oxygens (including phenoxy) is 1. The van der Waals surface area contributed by atoms with Crippen molar-refractivity contribution in [3.05, 3.63) is 28.8 Å². The minimum atomic E-state index is -2.94. The molecular weight excluding hydrogens is 527 g/mol. The van der Waals surface area contributed by atoms with E-state index in [1.165, 1.54) is 18.2 Å². The van der Waals surface area contributed by atoms with Gasteiger partial charge in [-0.2, -0.15) is 8.78 Å². The van der Waals surface area contributed by atoms with Gasteiger partial charge in [0.15, 0.2) is 5.96 Å². The highest BCUT2D eigenvalue weighted by Crippen LogP contribution is 2.25. The summed E-state index contributed by atoms with van der Waals surface area (Å²) in [5, 5.41) is 6.78. The monoisotopic (exact) mass is 552 g/mol. The first-order chi connectivity index (χ1) is 13.4. The van der Waals surface area contributed by atoms with E-state index in [1.807, 2.05) is 6.92 Å².